The summed E-state index contributed by atoms with van der Waals surface area (Å²) in [4.78, 5) is 79.5. The molecule has 5 aromatic carbocycles. The molecule has 4 N–H and O–H groups in total. The smallest absolute Gasteiger partial charge is 0.329 e. The third kappa shape index (κ3) is 9.15. The summed E-state index contributed by atoms with van der Waals surface area (Å²) >= 11 is 0. The van der Waals surface area contributed by atoms with E-state index in [2.05, 4.69) is 28.6 Å². The highest BCUT2D eigenvalue weighted by atomic mass is 16.6. The minimum atomic E-state index is -2.20. The van der Waals surface area contributed by atoms with Gasteiger partial charge in [-0.1, -0.05) is 141 Å². The summed E-state index contributed by atoms with van der Waals surface area (Å²) in [5.41, 5.74) is 1.78. The summed E-state index contributed by atoms with van der Waals surface area (Å²) in [6.07, 6.45) is 3.68. The minimum absolute atomic E-state index is 0.0947. The van der Waals surface area contributed by atoms with Crippen LogP contribution in [0.15, 0.2) is 145 Å². The number of urea groups is 1. The molecule has 5 aromatic rings. The van der Waals surface area contributed by atoms with Gasteiger partial charge in [-0.3, -0.25) is 19.3 Å². The Morgan fingerprint density at radius 2 is 1.53 bits per heavy atom. The van der Waals surface area contributed by atoms with E-state index >= 15 is 19.2 Å². The molecule has 0 aromatic heterocycles. The number of nitrogens with one attached hydrogen (secondary N) is 2. The Labute approximate surface area is 419 Å². The first-order chi connectivity index (χ1) is 35.0. The highest BCUT2D eigenvalue weighted by molar-refractivity contribution is 6.25. The fourth-order valence-electron chi connectivity index (χ4n) is 11.0. The first-order valence-electron chi connectivity index (χ1n) is 24.5. The number of hydrogen-bond donors (Lipinski definition) is 4. The fourth-order valence-corrected chi connectivity index (χ4v) is 11.0. The summed E-state index contributed by atoms with van der Waals surface area (Å²) in [7, 11) is 1.21. The van der Waals surface area contributed by atoms with Crippen molar-refractivity contribution in [1.29, 1.82) is 0 Å². The topological polar surface area (TPSA) is 184 Å². The van der Waals surface area contributed by atoms with E-state index < -0.39 is 83.4 Å². The number of imide groups is 1. The molecule has 0 radical (unpaired) electrons. The molecule has 4 aliphatic rings. The molecule has 2 saturated heterocycles. The number of benzene rings is 5. The van der Waals surface area contributed by atoms with Gasteiger partial charge in [0.1, 0.15) is 36.0 Å². The van der Waals surface area contributed by atoms with Crippen molar-refractivity contribution in [2.24, 2.45) is 11.8 Å². The number of ether oxygens (including phenoxy) is 3. The number of allylic oxidation sites excluding steroid dienone is 2. The number of methoxy groups -OCH3 is 1. The Morgan fingerprint density at radius 1 is 0.847 bits per heavy atom. The van der Waals surface area contributed by atoms with Crippen molar-refractivity contribution in [3.8, 4) is 17.6 Å². The zero-order chi connectivity index (χ0) is 50.5. The molecule has 14 heteroatoms. The quantitative estimate of drug-likeness (QED) is 0.0685. The first kappa shape index (κ1) is 49.4. The van der Waals surface area contributed by atoms with Crippen LogP contribution in [0.5, 0.6) is 5.75 Å². The van der Waals surface area contributed by atoms with E-state index in [0.29, 0.717) is 27.8 Å². The molecule has 4 amide bonds. The van der Waals surface area contributed by atoms with Crippen LogP contribution in [0.3, 0.4) is 0 Å². The van der Waals surface area contributed by atoms with Crippen LogP contribution in [0, 0.1) is 23.7 Å². The summed E-state index contributed by atoms with van der Waals surface area (Å²) in [6.45, 7) is 2.65. The highest BCUT2D eigenvalue weighted by Crippen LogP contribution is 2.66. The molecule has 0 bridgehead atoms. The molecule has 8 atom stereocenters. The SMILES string of the molecule is COC(=O)C(NC(=O)N1C(=O)C2(c3cc(C#CC4=CCCCC4)ccc31)C(C(=O)NCC(O)c1ccccc1)C1C(=O)OC(c3ccccc3)C(c3ccccc3)N1C2c1ccccc1OCCO)C(C)C. The van der Waals surface area contributed by atoms with Gasteiger partial charge in [0.15, 0.2) is 0 Å². The van der Waals surface area contributed by atoms with Crippen LogP contribution >= 0.6 is 0 Å². The third-order valence-corrected chi connectivity index (χ3v) is 14.2. The lowest BCUT2D eigenvalue weighted by Gasteiger charge is -2.46. The number of rotatable bonds is 13. The van der Waals surface area contributed by atoms with Crippen LogP contribution < -0.4 is 20.3 Å². The van der Waals surface area contributed by atoms with E-state index in [4.69, 9.17) is 14.2 Å². The van der Waals surface area contributed by atoms with Crippen molar-refractivity contribution in [1.82, 2.24) is 15.5 Å². The van der Waals surface area contributed by atoms with E-state index in [1.807, 2.05) is 65.6 Å². The normalized spacial score (nSPS) is 23.2. The van der Waals surface area contributed by atoms with E-state index in [1.54, 1.807) is 86.6 Å². The maximum Gasteiger partial charge on any atom is 0.329 e. The fraction of sp³-hybridized carbons (Fsp3) is 0.328. The number of aliphatic hydroxyl groups excluding tert-OH is 2. The number of aliphatic hydroxyl groups is 2. The number of carbonyl (C=O) groups is 5. The van der Waals surface area contributed by atoms with Crippen LogP contribution in [0.1, 0.15) is 97.2 Å². The second-order valence-corrected chi connectivity index (χ2v) is 18.8. The number of carbonyl (C=O) groups excluding carboxylic acids is 5. The van der Waals surface area contributed by atoms with E-state index in [1.165, 1.54) is 7.11 Å². The van der Waals surface area contributed by atoms with Crippen LogP contribution in [-0.4, -0.2) is 83.8 Å². The van der Waals surface area contributed by atoms with Crippen molar-refractivity contribution in [3.63, 3.8) is 0 Å². The first-order valence-corrected chi connectivity index (χ1v) is 24.5. The molecule has 1 spiro atoms. The molecule has 72 heavy (non-hydrogen) atoms. The van der Waals surface area contributed by atoms with Gasteiger partial charge in [-0.25, -0.2) is 14.5 Å². The van der Waals surface area contributed by atoms with Gasteiger partial charge in [-0.15, -0.1) is 0 Å². The van der Waals surface area contributed by atoms with Crippen LogP contribution in [0.2, 0.25) is 0 Å². The zero-order valence-electron chi connectivity index (χ0n) is 40.4. The number of esters is 2. The number of para-hydroxylation sites is 1. The Balaban J connectivity index is 1.35. The lowest BCUT2D eigenvalue weighted by Crippen LogP contribution is -2.58. The van der Waals surface area contributed by atoms with Crippen LogP contribution in [-0.2, 0) is 34.1 Å². The van der Waals surface area contributed by atoms with Gasteiger partial charge in [0.2, 0.25) is 11.8 Å². The number of cyclic esters (lactones) is 1. The predicted molar refractivity (Wildman–Crippen MR) is 268 cm³/mol. The lowest BCUT2D eigenvalue weighted by atomic mass is 9.65. The number of morpholine rings is 1. The maximum atomic E-state index is 16.8. The monoisotopic (exact) mass is 970 g/mol. The lowest BCUT2D eigenvalue weighted by molar-refractivity contribution is -0.178. The van der Waals surface area contributed by atoms with E-state index in [9.17, 15) is 15.0 Å². The third-order valence-electron chi connectivity index (χ3n) is 14.2. The molecule has 3 aliphatic heterocycles. The minimum Gasteiger partial charge on any atom is -0.491 e. The Hall–Kier alpha value is -7.57. The summed E-state index contributed by atoms with van der Waals surface area (Å²) in [5, 5.41) is 27.4. The zero-order valence-corrected chi connectivity index (χ0v) is 40.4. The molecule has 14 nitrogen and oxygen atoms in total. The highest BCUT2D eigenvalue weighted by Gasteiger charge is 2.76. The second-order valence-electron chi connectivity index (χ2n) is 18.8. The number of fused-ring (bicyclic) bond motifs is 3. The molecule has 2 fully saturated rings. The number of nitrogens with zero attached hydrogens (tertiary/aromatic N) is 2. The standard InChI is InChI=1S/C58H58N4O10/c1-36(2)48(54(66)70-3)60-57(69)61-44-31-30-38(29-28-37-18-8-4-9-19-37)34-43(44)58(56(61)68)47(53(65)59-35-45(64)39-20-10-5-11-21-39)50-55(67)72-51(41-24-14-7-15-25-41)49(40-22-12-6-13-23-40)62(50)52(58)42-26-16-17-27-46(42)71-33-32-63/h5-7,10-18,20-27,30-31,34,36,45,47-52,63-64H,4,8-9,19,32-33,35H2,1-3H3,(H,59,65)(H,60,69). The van der Waals surface area contributed by atoms with Crippen LogP contribution in [0.25, 0.3) is 0 Å². The molecular weight excluding hydrogens is 913 g/mol. The predicted octanol–water partition coefficient (Wildman–Crippen LogP) is 7.33. The van der Waals surface area contributed by atoms with Crippen molar-refractivity contribution in [2.45, 2.75) is 81.3 Å². The van der Waals surface area contributed by atoms with Gasteiger partial charge in [0, 0.05) is 17.7 Å². The molecule has 8 unspecified atom stereocenters. The molecule has 3 heterocycles. The molecule has 0 saturated carbocycles. The Morgan fingerprint density at radius 3 is 2.19 bits per heavy atom. The molecule has 370 valence electrons. The van der Waals surface area contributed by atoms with Gasteiger partial charge in [-0.2, -0.15) is 0 Å². The number of anilines is 1. The van der Waals surface area contributed by atoms with E-state index in [-0.39, 0.29) is 36.8 Å². The molecule has 1 aliphatic carbocycles. The summed E-state index contributed by atoms with van der Waals surface area (Å²) in [5.74, 6) is 1.53. The van der Waals surface area contributed by atoms with Gasteiger partial charge in [-0.05, 0) is 83.7 Å². The van der Waals surface area contributed by atoms with Crippen LogP contribution in [0.4, 0.5) is 10.5 Å². The number of amides is 4. The van der Waals surface area contributed by atoms with Crippen molar-refractivity contribution in [3.05, 3.63) is 178 Å². The van der Waals surface area contributed by atoms with Crippen molar-refractivity contribution >= 4 is 35.5 Å². The van der Waals surface area contributed by atoms with E-state index in [0.717, 1.165) is 36.2 Å². The molecule has 9 rings (SSSR count). The number of hydrogen-bond acceptors (Lipinski definition) is 11. The van der Waals surface area contributed by atoms with Gasteiger partial charge in [0.25, 0.3) is 0 Å². The van der Waals surface area contributed by atoms with Gasteiger partial charge >= 0.3 is 18.0 Å². The summed E-state index contributed by atoms with van der Waals surface area (Å²) < 4.78 is 18.0. The largest absolute Gasteiger partial charge is 0.491 e. The second kappa shape index (κ2) is 21.4. The average molecular weight is 971 g/mol. The maximum absolute atomic E-state index is 16.8. The average Bonchev–Trinajstić information content (AvgIpc) is 3.87. The van der Waals surface area contributed by atoms with Crippen molar-refractivity contribution in [2.75, 3.05) is 31.8 Å². The van der Waals surface area contributed by atoms with Gasteiger partial charge < -0.3 is 35.1 Å². The Bertz CT molecular complexity index is 2920. The summed E-state index contributed by atoms with van der Waals surface area (Å²) in [6, 6.07) is 33.5. The van der Waals surface area contributed by atoms with Gasteiger partial charge in [0.05, 0.1) is 43.5 Å². The Kier molecular flexibility index (Phi) is 14.7. The van der Waals surface area contributed by atoms with Crippen molar-refractivity contribution < 1.29 is 48.4 Å². The molecular formula is C58H58N4O10.